The summed E-state index contributed by atoms with van der Waals surface area (Å²) in [7, 11) is 0. The quantitative estimate of drug-likeness (QED) is 0.947. The Morgan fingerprint density at radius 1 is 1.14 bits per heavy atom. The van der Waals surface area contributed by atoms with E-state index in [0.717, 1.165) is 16.8 Å². The number of hydrogen-bond acceptors (Lipinski definition) is 3. The van der Waals surface area contributed by atoms with Gasteiger partial charge in [0.15, 0.2) is 0 Å². The second-order valence-corrected chi connectivity index (χ2v) is 6.10. The van der Waals surface area contributed by atoms with Crippen LogP contribution in [0.5, 0.6) is 0 Å². The second kappa shape index (κ2) is 5.54. The molecule has 2 aromatic rings. The summed E-state index contributed by atoms with van der Waals surface area (Å²) in [4.78, 5) is 18.8. The lowest BCUT2D eigenvalue weighted by Crippen LogP contribution is -2.40. The van der Waals surface area contributed by atoms with Crippen molar-refractivity contribution in [1.82, 2.24) is 15.2 Å². The third kappa shape index (κ3) is 2.50. The SMILES string of the molecule is CCN1C(=O)C(C)(C)NC1c1ccc(-c2ccccc2)cn1. The average molecular weight is 295 g/mol. The lowest BCUT2D eigenvalue weighted by molar-refractivity contribution is -0.132. The van der Waals surface area contributed by atoms with Gasteiger partial charge in [-0.3, -0.25) is 15.1 Å². The predicted octanol–water partition coefficient (Wildman–Crippen LogP) is 2.98. The molecule has 1 aromatic carbocycles. The van der Waals surface area contributed by atoms with Gasteiger partial charge in [-0.1, -0.05) is 36.4 Å². The summed E-state index contributed by atoms with van der Waals surface area (Å²) < 4.78 is 0. The second-order valence-electron chi connectivity index (χ2n) is 6.10. The van der Waals surface area contributed by atoms with Crippen LogP contribution >= 0.6 is 0 Å². The van der Waals surface area contributed by atoms with Gasteiger partial charge in [0.2, 0.25) is 5.91 Å². The number of carbonyl (C=O) groups is 1. The monoisotopic (exact) mass is 295 g/mol. The molecule has 1 fully saturated rings. The molecule has 1 aliphatic heterocycles. The van der Waals surface area contributed by atoms with Crippen molar-refractivity contribution in [3.05, 3.63) is 54.4 Å². The molecule has 114 valence electrons. The van der Waals surface area contributed by atoms with Gasteiger partial charge in [-0.25, -0.2) is 0 Å². The lowest BCUT2D eigenvalue weighted by Gasteiger charge is -2.22. The average Bonchev–Trinajstić information content (AvgIpc) is 2.78. The molecule has 0 spiro atoms. The number of likely N-dealkylation sites (N-methyl/N-ethyl adjacent to an activating group) is 1. The molecule has 0 saturated carbocycles. The molecule has 1 aliphatic rings. The zero-order valence-corrected chi connectivity index (χ0v) is 13.2. The normalized spacial score (nSPS) is 20.4. The highest BCUT2D eigenvalue weighted by atomic mass is 16.2. The van der Waals surface area contributed by atoms with Gasteiger partial charge in [0.05, 0.1) is 11.2 Å². The number of rotatable bonds is 3. The highest BCUT2D eigenvalue weighted by molar-refractivity contribution is 5.88. The smallest absolute Gasteiger partial charge is 0.243 e. The summed E-state index contributed by atoms with van der Waals surface area (Å²) in [6.45, 7) is 6.49. The number of aromatic nitrogens is 1. The zero-order valence-electron chi connectivity index (χ0n) is 13.2. The molecule has 1 amide bonds. The third-order valence-electron chi connectivity index (χ3n) is 4.12. The van der Waals surface area contributed by atoms with Crippen molar-refractivity contribution in [3.63, 3.8) is 0 Å². The Morgan fingerprint density at radius 3 is 2.45 bits per heavy atom. The van der Waals surface area contributed by atoms with Crippen LogP contribution in [0.3, 0.4) is 0 Å². The van der Waals surface area contributed by atoms with Crippen LogP contribution in [0, 0.1) is 0 Å². The summed E-state index contributed by atoms with van der Waals surface area (Å²) in [5, 5.41) is 3.37. The molecule has 2 heterocycles. The van der Waals surface area contributed by atoms with Crippen LogP contribution in [0.2, 0.25) is 0 Å². The molecule has 4 nitrogen and oxygen atoms in total. The van der Waals surface area contributed by atoms with Gasteiger partial charge in [0.25, 0.3) is 0 Å². The molecule has 1 N–H and O–H groups in total. The minimum atomic E-state index is -0.541. The maximum absolute atomic E-state index is 12.4. The van der Waals surface area contributed by atoms with Crippen molar-refractivity contribution < 1.29 is 4.79 Å². The fourth-order valence-corrected chi connectivity index (χ4v) is 2.89. The number of benzene rings is 1. The topological polar surface area (TPSA) is 45.2 Å². The Labute approximate surface area is 131 Å². The van der Waals surface area contributed by atoms with E-state index in [9.17, 15) is 4.79 Å². The predicted molar refractivity (Wildman–Crippen MR) is 87.0 cm³/mol. The van der Waals surface area contributed by atoms with Gasteiger partial charge >= 0.3 is 0 Å². The Hall–Kier alpha value is -2.20. The van der Waals surface area contributed by atoms with E-state index in [1.54, 1.807) is 0 Å². The molecular weight excluding hydrogens is 274 g/mol. The first-order chi connectivity index (χ1) is 10.5. The van der Waals surface area contributed by atoms with E-state index in [2.05, 4.69) is 28.5 Å². The molecule has 0 radical (unpaired) electrons. The van der Waals surface area contributed by atoms with Crippen LogP contribution in [0.15, 0.2) is 48.7 Å². The van der Waals surface area contributed by atoms with E-state index >= 15 is 0 Å². The minimum Gasteiger partial charge on any atom is -0.320 e. The summed E-state index contributed by atoms with van der Waals surface area (Å²) in [5.74, 6) is 0.119. The molecular formula is C18H21N3O. The highest BCUT2D eigenvalue weighted by Gasteiger charge is 2.44. The van der Waals surface area contributed by atoms with Crippen molar-refractivity contribution in [3.8, 4) is 11.1 Å². The number of nitrogens with zero attached hydrogens (tertiary/aromatic N) is 2. The molecule has 4 heteroatoms. The molecule has 1 aromatic heterocycles. The number of amides is 1. The molecule has 3 rings (SSSR count). The Morgan fingerprint density at radius 2 is 1.86 bits per heavy atom. The van der Waals surface area contributed by atoms with E-state index < -0.39 is 5.54 Å². The van der Waals surface area contributed by atoms with Crippen molar-refractivity contribution >= 4 is 5.91 Å². The molecule has 1 saturated heterocycles. The van der Waals surface area contributed by atoms with Crippen molar-refractivity contribution in [2.45, 2.75) is 32.5 Å². The van der Waals surface area contributed by atoms with E-state index in [1.165, 1.54) is 0 Å². The number of nitrogens with one attached hydrogen (secondary N) is 1. The highest BCUT2D eigenvalue weighted by Crippen LogP contribution is 2.30. The van der Waals surface area contributed by atoms with Crippen LogP contribution in [-0.4, -0.2) is 27.9 Å². The van der Waals surface area contributed by atoms with Gasteiger partial charge in [-0.2, -0.15) is 0 Å². The number of pyridine rings is 1. The van der Waals surface area contributed by atoms with Crippen molar-refractivity contribution in [2.24, 2.45) is 0 Å². The Bertz CT molecular complexity index is 664. The van der Waals surface area contributed by atoms with Crippen LogP contribution in [0.25, 0.3) is 11.1 Å². The summed E-state index contributed by atoms with van der Waals surface area (Å²) >= 11 is 0. The van der Waals surface area contributed by atoms with Gasteiger partial charge in [-0.15, -0.1) is 0 Å². The fraction of sp³-hybridized carbons (Fsp3) is 0.333. The summed E-state index contributed by atoms with van der Waals surface area (Å²) in [6, 6.07) is 14.2. The van der Waals surface area contributed by atoms with E-state index in [1.807, 2.05) is 56.1 Å². The largest absolute Gasteiger partial charge is 0.320 e. The van der Waals surface area contributed by atoms with Crippen LogP contribution in [0.4, 0.5) is 0 Å². The Balaban J connectivity index is 1.89. The maximum atomic E-state index is 12.4. The standard InChI is InChI=1S/C18H21N3O/c1-4-21-16(20-18(2,3)17(21)22)15-11-10-14(12-19-15)13-8-6-5-7-9-13/h5-12,16,20H,4H2,1-3H3. The maximum Gasteiger partial charge on any atom is 0.243 e. The molecule has 0 aliphatic carbocycles. The van der Waals surface area contributed by atoms with Gasteiger partial charge in [0, 0.05) is 18.3 Å². The van der Waals surface area contributed by atoms with E-state index in [4.69, 9.17) is 0 Å². The van der Waals surface area contributed by atoms with Crippen LogP contribution < -0.4 is 5.32 Å². The lowest BCUT2D eigenvalue weighted by atomic mass is 10.1. The van der Waals surface area contributed by atoms with Crippen molar-refractivity contribution in [1.29, 1.82) is 0 Å². The third-order valence-corrected chi connectivity index (χ3v) is 4.12. The van der Waals surface area contributed by atoms with Crippen molar-refractivity contribution in [2.75, 3.05) is 6.54 Å². The van der Waals surface area contributed by atoms with E-state index in [-0.39, 0.29) is 12.1 Å². The minimum absolute atomic E-state index is 0.119. The van der Waals surface area contributed by atoms with Gasteiger partial charge in [0.1, 0.15) is 6.17 Å². The molecule has 1 unspecified atom stereocenters. The zero-order chi connectivity index (χ0) is 15.7. The Kier molecular flexibility index (Phi) is 3.71. The van der Waals surface area contributed by atoms with Gasteiger partial charge < -0.3 is 4.90 Å². The van der Waals surface area contributed by atoms with E-state index in [0.29, 0.717) is 6.54 Å². The molecule has 22 heavy (non-hydrogen) atoms. The number of hydrogen-bond donors (Lipinski definition) is 1. The van der Waals surface area contributed by atoms with Crippen LogP contribution in [0.1, 0.15) is 32.6 Å². The first-order valence-corrected chi connectivity index (χ1v) is 7.63. The summed E-state index contributed by atoms with van der Waals surface area (Å²) in [6.07, 6.45) is 1.72. The molecule has 1 atom stereocenters. The molecule has 0 bridgehead atoms. The first-order valence-electron chi connectivity index (χ1n) is 7.63. The van der Waals surface area contributed by atoms with Crippen LogP contribution in [-0.2, 0) is 4.79 Å². The fourth-order valence-electron chi connectivity index (χ4n) is 2.89. The first kappa shape index (κ1) is 14.7. The van der Waals surface area contributed by atoms with Gasteiger partial charge in [-0.05, 0) is 32.4 Å². The number of carbonyl (C=O) groups excluding carboxylic acids is 1. The summed E-state index contributed by atoms with van der Waals surface area (Å²) in [5.41, 5.74) is 2.56.